The molecule has 0 saturated carbocycles. The smallest absolute Gasteiger partial charge is 0.329 e. The number of amides is 2. The molecule has 10 heteroatoms. The summed E-state index contributed by atoms with van der Waals surface area (Å²) in [5, 5.41) is 13.4. The van der Waals surface area contributed by atoms with Crippen LogP contribution in [0.1, 0.15) is 12.5 Å². The summed E-state index contributed by atoms with van der Waals surface area (Å²) in [7, 11) is 0. The van der Waals surface area contributed by atoms with Gasteiger partial charge in [0.1, 0.15) is 6.04 Å². The molecule has 4 atom stereocenters. The average Bonchev–Trinajstić information content (AvgIpc) is 3.37. The number of nitro benzene ring substituents is 1. The van der Waals surface area contributed by atoms with Crippen LogP contribution in [0.3, 0.4) is 0 Å². The van der Waals surface area contributed by atoms with Crippen molar-refractivity contribution in [3.05, 3.63) is 81.4 Å². The quantitative estimate of drug-likeness (QED) is 0.219. The van der Waals surface area contributed by atoms with Crippen molar-refractivity contribution in [1.29, 1.82) is 0 Å². The monoisotopic (exact) mass is 517 g/mol. The number of hydrogen-bond donors (Lipinski definition) is 0. The second kappa shape index (κ2) is 8.41. The number of hydrogen-bond acceptors (Lipinski definition) is 7. The summed E-state index contributed by atoms with van der Waals surface area (Å²) in [6, 6.07) is 13.6. The maximum Gasteiger partial charge on any atom is 0.329 e. The molecule has 37 heavy (non-hydrogen) atoms. The van der Waals surface area contributed by atoms with E-state index < -0.39 is 46.6 Å². The molecular weight excluding hydrogens is 498 g/mol. The number of imide groups is 1. The number of rotatable bonds is 4. The fourth-order valence-electron chi connectivity index (χ4n) is 5.85. The van der Waals surface area contributed by atoms with E-state index in [-0.39, 0.29) is 23.0 Å². The highest BCUT2D eigenvalue weighted by Gasteiger charge is 2.65. The van der Waals surface area contributed by atoms with Crippen molar-refractivity contribution < 1.29 is 24.0 Å². The number of nitro groups is 1. The Morgan fingerprint density at radius 2 is 1.81 bits per heavy atom. The molecule has 2 amide bonds. The predicted molar refractivity (Wildman–Crippen MR) is 137 cm³/mol. The molecule has 0 unspecified atom stereocenters. The number of ether oxygens (including phenoxy) is 1. The average molecular weight is 518 g/mol. The summed E-state index contributed by atoms with van der Waals surface area (Å²) < 4.78 is 5.38. The Labute approximate surface area is 216 Å². The van der Waals surface area contributed by atoms with Gasteiger partial charge in [-0.15, -0.1) is 0 Å². The van der Waals surface area contributed by atoms with Gasteiger partial charge in [-0.3, -0.25) is 19.7 Å². The van der Waals surface area contributed by atoms with E-state index in [9.17, 15) is 24.5 Å². The van der Waals surface area contributed by atoms with E-state index in [0.717, 1.165) is 33.0 Å². The van der Waals surface area contributed by atoms with Crippen LogP contribution < -0.4 is 9.80 Å². The highest BCUT2D eigenvalue weighted by atomic mass is 35.5. The number of esters is 1. The maximum atomic E-state index is 13.8. The van der Waals surface area contributed by atoms with Gasteiger partial charge in [0, 0.05) is 23.4 Å². The summed E-state index contributed by atoms with van der Waals surface area (Å²) in [6.45, 7) is 1.78. The van der Waals surface area contributed by atoms with E-state index >= 15 is 0 Å². The minimum Gasteiger partial charge on any atom is -0.464 e. The molecule has 2 fully saturated rings. The highest BCUT2D eigenvalue weighted by molar-refractivity contribution is 6.36. The lowest BCUT2D eigenvalue weighted by Crippen LogP contribution is -2.49. The number of anilines is 2. The maximum absolute atomic E-state index is 13.8. The van der Waals surface area contributed by atoms with E-state index in [1.165, 1.54) is 12.1 Å². The first-order chi connectivity index (χ1) is 17.8. The molecule has 0 bridgehead atoms. The van der Waals surface area contributed by atoms with Gasteiger partial charge < -0.3 is 9.64 Å². The normalized spacial score (nSPS) is 23.7. The fourth-order valence-corrected chi connectivity index (χ4v) is 6.05. The molecule has 3 aliphatic rings. The third kappa shape index (κ3) is 3.27. The second-order valence-electron chi connectivity index (χ2n) is 9.13. The van der Waals surface area contributed by atoms with Crippen LogP contribution in [0.2, 0.25) is 5.02 Å². The van der Waals surface area contributed by atoms with Gasteiger partial charge in [0.2, 0.25) is 11.8 Å². The van der Waals surface area contributed by atoms with E-state index in [1.54, 1.807) is 6.92 Å². The molecule has 3 heterocycles. The van der Waals surface area contributed by atoms with Gasteiger partial charge in [0.15, 0.2) is 0 Å². The second-order valence-corrected chi connectivity index (χ2v) is 9.54. The van der Waals surface area contributed by atoms with E-state index in [4.69, 9.17) is 16.3 Å². The lowest BCUT2D eigenvalue weighted by Gasteiger charge is -2.36. The number of non-ortho nitro benzene ring substituents is 1. The van der Waals surface area contributed by atoms with Crippen molar-refractivity contribution in [3.8, 4) is 0 Å². The zero-order valence-electron chi connectivity index (χ0n) is 19.5. The fraction of sp³-hybridized carbons (Fsp3) is 0.222. The summed E-state index contributed by atoms with van der Waals surface area (Å²) in [4.78, 5) is 54.4. The Kier molecular flexibility index (Phi) is 5.27. The number of nitrogens with zero attached hydrogens (tertiary/aromatic N) is 3. The number of fused-ring (bicyclic) bond motifs is 7. The van der Waals surface area contributed by atoms with E-state index in [2.05, 4.69) is 0 Å². The molecule has 3 aliphatic heterocycles. The zero-order valence-corrected chi connectivity index (χ0v) is 20.3. The standard InChI is InChI=1S/C27H20ClN3O6/c1-2-37-27(34)24-23-22(25(32)30(26(23)33)21-13-15(31(35)36)8-10-18(21)28)20-12-9-17-16-6-4-3-5-14(16)7-11-19(17)29(20)24/h3-13,20,22-24H,2H2,1H3/t20-,22-,23+,24-/m1/s1. The molecule has 186 valence electrons. The van der Waals surface area contributed by atoms with Crippen LogP contribution >= 0.6 is 11.6 Å². The Balaban J connectivity index is 1.50. The van der Waals surface area contributed by atoms with Crippen LogP contribution in [0.4, 0.5) is 17.1 Å². The first-order valence-corrected chi connectivity index (χ1v) is 12.2. The Morgan fingerprint density at radius 3 is 2.57 bits per heavy atom. The van der Waals surface area contributed by atoms with Gasteiger partial charge in [-0.2, -0.15) is 0 Å². The van der Waals surface area contributed by atoms with Gasteiger partial charge in [-0.25, -0.2) is 9.69 Å². The van der Waals surface area contributed by atoms with Crippen molar-refractivity contribution in [1.82, 2.24) is 0 Å². The van der Waals surface area contributed by atoms with Gasteiger partial charge >= 0.3 is 5.97 Å². The summed E-state index contributed by atoms with van der Waals surface area (Å²) in [6.07, 6.45) is 3.76. The van der Waals surface area contributed by atoms with Crippen LogP contribution in [0.5, 0.6) is 0 Å². The van der Waals surface area contributed by atoms with Crippen molar-refractivity contribution in [2.24, 2.45) is 11.8 Å². The Bertz CT molecular complexity index is 1550. The van der Waals surface area contributed by atoms with Crippen molar-refractivity contribution in [3.63, 3.8) is 0 Å². The number of carbonyl (C=O) groups is 3. The van der Waals surface area contributed by atoms with Gasteiger partial charge in [0.05, 0.1) is 40.1 Å². The molecule has 9 nitrogen and oxygen atoms in total. The van der Waals surface area contributed by atoms with Gasteiger partial charge in [-0.05, 0) is 29.8 Å². The minimum absolute atomic E-state index is 0.0211. The number of halogens is 1. The van der Waals surface area contributed by atoms with Crippen LogP contribution in [0.15, 0.2) is 60.7 Å². The van der Waals surface area contributed by atoms with Crippen molar-refractivity contribution in [2.75, 3.05) is 16.4 Å². The first kappa shape index (κ1) is 23.2. The third-order valence-corrected chi connectivity index (χ3v) is 7.64. The minimum atomic E-state index is -1.06. The van der Waals surface area contributed by atoms with Crippen LogP contribution in [0, 0.1) is 22.0 Å². The molecule has 0 radical (unpaired) electrons. The summed E-state index contributed by atoms with van der Waals surface area (Å²) in [5.74, 6) is -3.75. The SMILES string of the molecule is CCOC(=O)[C@H]1[C@H]2C(=O)N(c3cc([N+](=O)[O-])ccc3Cl)C(=O)[C@@H]2[C@H]2C=Cc3c(ccc4ccccc34)N21. The highest BCUT2D eigenvalue weighted by Crippen LogP contribution is 2.51. The summed E-state index contributed by atoms with van der Waals surface area (Å²) in [5.41, 5.74) is 1.25. The molecule has 3 aromatic carbocycles. The lowest BCUT2D eigenvalue weighted by molar-refractivity contribution is -0.384. The molecule has 0 spiro atoms. The molecule has 2 saturated heterocycles. The first-order valence-electron chi connectivity index (χ1n) is 11.8. The third-order valence-electron chi connectivity index (χ3n) is 7.32. The Hall–Kier alpha value is -4.24. The largest absolute Gasteiger partial charge is 0.464 e. The molecule has 0 N–H and O–H groups in total. The van der Waals surface area contributed by atoms with Crippen molar-refractivity contribution >= 4 is 63.3 Å². The lowest BCUT2D eigenvalue weighted by atomic mass is 9.88. The van der Waals surface area contributed by atoms with E-state index in [1.807, 2.05) is 53.5 Å². The van der Waals surface area contributed by atoms with E-state index in [0.29, 0.717) is 0 Å². The summed E-state index contributed by atoms with van der Waals surface area (Å²) >= 11 is 6.29. The van der Waals surface area contributed by atoms with Gasteiger partial charge in [0.25, 0.3) is 5.69 Å². The van der Waals surface area contributed by atoms with Crippen LogP contribution in [0.25, 0.3) is 16.8 Å². The zero-order chi connectivity index (χ0) is 26.0. The topological polar surface area (TPSA) is 110 Å². The number of carbonyl (C=O) groups excluding carboxylic acids is 3. The number of benzene rings is 3. The molecule has 6 rings (SSSR count). The molecule has 0 aromatic heterocycles. The predicted octanol–water partition coefficient (Wildman–Crippen LogP) is 4.35. The van der Waals surface area contributed by atoms with Crippen LogP contribution in [-0.4, -0.2) is 41.4 Å². The van der Waals surface area contributed by atoms with Crippen molar-refractivity contribution in [2.45, 2.75) is 19.0 Å². The molecular formula is C27H20ClN3O6. The molecule has 3 aromatic rings. The Morgan fingerprint density at radius 1 is 1.05 bits per heavy atom. The molecule has 0 aliphatic carbocycles. The van der Waals surface area contributed by atoms with Crippen LogP contribution in [-0.2, 0) is 19.1 Å². The van der Waals surface area contributed by atoms with Gasteiger partial charge in [-0.1, -0.05) is 54.1 Å².